The lowest BCUT2D eigenvalue weighted by molar-refractivity contribution is 0.00785. The molecule has 142 valence electrons. The van der Waals surface area contributed by atoms with Crippen LogP contribution in [0.1, 0.15) is 33.6 Å². The molecule has 1 atom stereocenters. The van der Waals surface area contributed by atoms with Gasteiger partial charge in [-0.05, 0) is 45.7 Å². The summed E-state index contributed by atoms with van der Waals surface area (Å²) in [6.07, 6.45) is 1.08. The fraction of sp³-hybridized carbons (Fsp3) is 0.474. The normalized spacial score (nSPS) is 16.5. The first-order chi connectivity index (χ1) is 12.8. The minimum Gasteiger partial charge on any atom is -0.486 e. The molecule has 0 bridgehead atoms. The van der Waals surface area contributed by atoms with Crippen LogP contribution in [-0.4, -0.2) is 41.5 Å². The topological polar surface area (TPSA) is 111 Å². The molecule has 0 saturated carbocycles. The van der Waals surface area contributed by atoms with Crippen molar-refractivity contribution < 1.29 is 14.3 Å². The van der Waals surface area contributed by atoms with E-state index in [4.69, 9.17) is 20.0 Å². The van der Waals surface area contributed by atoms with Gasteiger partial charge in [0.1, 0.15) is 29.6 Å². The molecule has 1 amide bonds. The molecule has 0 radical (unpaired) electrons. The summed E-state index contributed by atoms with van der Waals surface area (Å²) in [7, 11) is 0. The fourth-order valence-electron chi connectivity index (χ4n) is 2.56. The highest BCUT2D eigenvalue weighted by molar-refractivity contribution is 6.10. The van der Waals surface area contributed by atoms with Gasteiger partial charge in [0.2, 0.25) is 5.71 Å². The molecule has 2 rings (SSSR count). The molecule has 0 aliphatic carbocycles. The lowest BCUT2D eigenvalue weighted by Crippen LogP contribution is -2.46. The van der Waals surface area contributed by atoms with E-state index >= 15 is 0 Å². The molecule has 1 N–H and O–H groups in total. The molecule has 1 aliphatic rings. The average molecular weight is 369 g/mol. The lowest BCUT2D eigenvalue weighted by Gasteiger charge is -2.34. The van der Waals surface area contributed by atoms with Crippen LogP contribution >= 0.6 is 0 Å². The molecule has 1 fully saturated rings. The number of nitriles is 2. The van der Waals surface area contributed by atoms with Crippen LogP contribution in [0.2, 0.25) is 0 Å². The quantitative estimate of drug-likeness (QED) is 0.644. The van der Waals surface area contributed by atoms with Gasteiger partial charge in [0.05, 0.1) is 12.2 Å². The smallest absolute Gasteiger partial charge is 0.410 e. The predicted octanol–water partition coefficient (Wildman–Crippen LogP) is 3.28. The van der Waals surface area contributed by atoms with Crippen LogP contribution in [-0.2, 0) is 4.74 Å². The number of hydrogen-bond donors (Lipinski definition) is 1. The predicted molar refractivity (Wildman–Crippen MR) is 100 cm³/mol. The van der Waals surface area contributed by atoms with E-state index in [0.29, 0.717) is 24.5 Å². The van der Waals surface area contributed by atoms with Gasteiger partial charge < -0.3 is 14.4 Å². The summed E-state index contributed by atoms with van der Waals surface area (Å²) in [5, 5.41) is 21.3. The third-order valence-corrected chi connectivity index (χ3v) is 3.71. The van der Waals surface area contributed by atoms with Crippen molar-refractivity contribution in [2.24, 2.45) is 5.10 Å². The Hall–Kier alpha value is -3.26. The monoisotopic (exact) mass is 369 g/mol. The summed E-state index contributed by atoms with van der Waals surface area (Å²) in [5.41, 5.74) is 2.40. The van der Waals surface area contributed by atoms with Crippen molar-refractivity contribution >= 4 is 17.5 Å². The number of hydrogen-bond acceptors (Lipinski definition) is 7. The highest BCUT2D eigenvalue weighted by Gasteiger charge is 2.28. The largest absolute Gasteiger partial charge is 0.486 e. The van der Waals surface area contributed by atoms with Crippen molar-refractivity contribution in [2.45, 2.75) is 45.3 Å². The van der Waals surface area contributed by atoms with Crippen molar-refractivity contribution in [3.8, 4) is 17.9 Å². The summed E-state index contributed by atoms with van der Waals surface area (Å²) in [6.45, 7) is 6.56. The maximum atomic E-state index is 12.3. The minimum atomic E-state index is -0.543. The van der Waals surface area contributed by atoms with E-state index < -0.39 is 5.60 Å². The van der Waals surface area contributed by atoms with E-state index in [1.807, 2.05) is 26.8 Å². The Bertz CT molecular complexity index is 770. The number of para-hydroxylation sites is 2. The van der Waals surface area contributed by atoms with E-state index in [1.54, 1.807) is 35.2 Å². The van der Waals surface area contributed by atoms with Crippen molar-refractivity contribution in [3.05, 3.63) is 24.3 Å². The van der Waals surface area contributed by atoms with Crippen molar-refractivity contribution in [2.75, 3.05) is 18.5 Å². The molecule has 27 heavy (non-hydrogen) atoms. The van der Waals surface area contributed by atoms with Crippen LogP contribution in [0.4, 0.5) is 10.5 Å². The molecule has 0 aromatic heterocycles. The van der Waals surface area contributed by atoms with E-state index in [9.17, 15) is 4.79 Å². The van der Waals surface area contributed by atoms with E-state index in [2.05, 4.69) is 10.5 Å². The summed E-state index contributed by atoms with van der Waals surface area (Å²) < 4.78 is 11.5. The van der Waals surface area contributed by atoms with Crippen LogP contribution in [0, 0.1) is 22.7 Å². The van der Waals surface area contributed by atoms with Gasteiger partial charge in [-0.2, -0.15) is 15.6 Å². The second kappa shape index (κ2) is 8.91. The number of carbonyl (C=O) groups excluding carboxylic acids is 1. The van der Waals surface area contributed by atoms with Crippen LogP contribution in [0.15, 0.2) is 29.4 Å². The van der Waals surface area contributed by atoms with Gasteiger partial charge in [0, 0.05) is 6.54 Å². The molecule has 1 aromatic carbocycles. The Morgan fingerprint density at radius 3 is 2.67 bits per heavy atom. The van der Waals surface area contributed by atoms with Crippen molar-refractivity contribution in [1.29, 1.82) is 10.5 Å². The third-order valence-electron chi connectivity index (χ3n) is 3.71. The Morgan fingerprint density at radius 2 is 2.00 bits per heavy atom. The van der Waals surface area contributed by atoms with E-state index in [0.717, 1.165) is 12.8 Å². The molecule has 1 aromatic rings. The molecule has 0 spiro atoms. The molecular formula is C19H23N5O3. The average Bonchev–Trinajstić information content (AvgIpc) is 2.62. The van der Waals surface area contributed by atoms with Gasteiger partial charge in [-0.1, -0.05) is 12.1 Å². The highest BCUT2D eigenvalue weighted by atomic mass is 16.6. The van der Waals surface area contributed by atoms with E-state index in [-0.39, 0.29) is 17.9 Å². The molecular weight excluding hydrogens is 346 g/mol. The second-order valence-corrected chi connectivity index (χ2v) is 7.10. The maximum Gasteiger partial charge on any atom is 0.410 e. The SMILES string of the molecule is CC(C)(C)OC(=O)N1CCCC(Oc2ccccc2NN=C(C#N)C#N)C1. The fourth-order valence-corrected chi connectivity index (χ4v) is 2.56. The molecule has 1 heterocycles. The first-order valence-electron chi connectivity index (χ1n) is 8.70. The number of nitrogens with zero attached hydrogens (tertiary/aromatic N) is 4. The zero-order valence-electron chi connectivity index (χ0n) is 15.7. The second-order valence-electron chi connectivity index (χ2n) is 7.10. The maximum absolute atomic E-state index is 12.3. The number of likely N-dealkylation sites (tertiary alicyclic amines) is 1. The summed E-state index contributed by atoms with van der Waals surface area (Å²) >= 11 is 0. The Balaban J connectivity index is 2.05. The number of anilines is 1. The number of nitrogens with one attached hydrogen (secondary N) is 1. The van der Waals surface area contributed by atoms with Gasteiger partial charge in [0.25, 0.3) is 0 Å². The summed E-state index contributed by atoms with van der Waals surface area (Å²) in [4.78, 5) is 13.9. The van der Waals surface area contributed by atoms with Crippen LogP contribution in [0.3, 0.4) is 0 Å². The van der Waals surface area contributed by atoms with Crippen molar-refractivity contribution in [3.63, 3.8) is 0 Å². The Morgan fingerprint density at radius 1 is 1.30 bits per heavy atom. The number of rotatable bonds is 4. The van der Waals surface area contributed by atoms with E-state index in [1.165, 1.54) is 0 Å². The van der Waals surface area contributed by atoms with Crippen molar-refractivity contribution in [1.82, 2.24) is 4.90 Å². The van der Waals surface area contributed by atoms with Gasteiger partial charge in [-0.15, -0.1) is 0 Å². The zero-order chi connectivity index (χ0) is 19.9. The van der Waals surface area contributed by atoms with Gasteiger partial charge in [0.15, 0.2) is 0 Å². The van der Waals surface area contributed by atoms with Crippen LogP contribution < -0.4 is 10.2 Å². The van der Waals surface area contributed by atoms with Gasteiger partial charge >= 0.3 is 6.09 Å². The summed E-state index contributed by atoms with van der Waals surface area (Å²) in [5.74, 6) is 0.535. The number of amides is 1. The number of ether oxygens (including phenoxy) is 2. The zero-order valence-corrected chi connectivity index (χ0v) is 15.7. The van der Waals surface area contributed by atoms with Gasteiger partial charge in [-0.25, -0.2) is 4.79 Å². The molecule has 1 aliphatic heterocycles. The lowest BCUT2D eigenvalue weighted by atomic mass is 10.1. The number of carbonyl (C=O) groups is 1. The summed E-state index contributed by atoms with van der Waals surface area (Å²) in [6, 6.07) is 10.5. The Labute approximate surface area is 159 Å². The molecule has 1 saturated heterocycles. The van der Waals surface area contributed by atoms with Crippen LogP contribution in [0.25, 0.3) is 0 Å². The standard InChI is InChI=1S/C19H23N5O3/c1-19(2,3)27-18(25)24-10-6-7-15(13-24)26-17-9-5-4-8-16(17)23-22-14(11-20)12-21/h4-5,8-9,15,23H,6-7,10,13H2,1-3H3. The third kappa shape index (κ3) is 6.19. The molecule has 1 unspecified atom stereocenters. The first kappa shape index (κ1) is 20.1. The minimum absolute atomic E-state index is 0.190. The molecule has 8 nitrogen and oxygen atoms in total. The highest BCUT2D eigenvalue weighted by Crippen LogP contribution is 2.27. The number of piperidine rings is 1. The molecule has 8 heteroatoms. The number of hydrazone groups is 1. The van der Waals surface area contributed by atoms with Crippen LogP contribution in [0.5, 0.6) is 5.75 Å². The first-order valence-corrected chi connectivity index (χ1v) is 8.70. The number of benzene rings is 1. The Kier molecular flexibility index (Phi) is 6.62. The van der Waals surface area contributed by atoms with Gasteiger partial charge in [-0.3, -0.25) is 5.43 Å².